The van der Waals surface area contributed by atoms with Gasteiger partial charge < -0.3 is 25.5 Å². The molecular weight excluding hydrogens is 246 g/mol. The summed E-state index contributed by atoms with van der Waals surface area (Å²) in [6.07, 6.45) is 1.53. The Morgan fingerprint density at radius 2 is 1.84 bits per heavy atom. The van der Waals surface area contributed by atoms with Crippen LogP contribution in [0.1, 0.15) is 16.8 Å². The molecule has 5 N–H and O–H groups in total. The number of aromatic hydroxyl groups is 1. The Morgan fingerprint density at radius 1 is 1.26 bits per heavy atom. The van der Waals surface area contributed by atoms with Crippen LogP contribution in [0, 0.1) is 6.92 Å². The Bertz CT molecular complexity index is 389. The third kappa shape index (κ3) is 6.49. The summed E-state index contributed by atoms with van der Waals surface area (Å²) < 4.78 is 0.844. The van der Waals surface area contributed by atoms with Crippen molar-refractivity contribution >= 4 is 0 Å². The van der Waals surface area contributed by atoms with Crippen LogP contribution in [-0.4, -0.2) is 59.1 Å². The third-order valence-electron chi connectivity index (χ3n) is 2.58. The van der Waals surface area contributed by atoms with E-state index in [2.05, 4.69) is 26.1 Å². The maximum absolute atomic E-state index is 9.46. The van der Waals surface area contributed by atoms with Gasteiger partial charge in [0.25, 0.3) is 0 Å². The van der Waals surface area contributed by atoms with Gasteiger partial charge in [-0.2, -0.15) is 0 Å². The lowest BCUT2D eigenvalue weighted by Gasteiger charge is -2.21. The second-order valence-corrected chi connectivity index (χ2v) is 5.30. The molecule has 0 bridgehead atoms. The SMILES string of the molecule is C[N+](C)(C)CCO.Cc1ncc(CO)c(CN)c1O. The highest BCUT2D eigenvalue weighted by Crippen LogP contribution is 2.22. The molecule has 19 heavy (non-hydrogen) atoms. The van der Waals surface area contributed by atoms with Crippen molar-refractivity contribution in [3.05, 3.63) is 23.0 Å². The van der Waals surface area contributed by atoms with Crippen LogP contribution in [0.25, 0.3) is 0 Å². The lowest BCUT2D eigenvalue weighted by Crippen LogP contribution is -2.36. The lowest BCUT2D eigenvalue weighted by molar-refractivity contribution is -0.870. The van der Waals surface area contributed by atoms with Gasteiger partial charge in [0, 0.05) is 23.9 Å². The van der Waals surface area contributed by atoms with E-state index in [0.717, 1.165) is 11.0 Å². The van der Waals surface area contributed by atoms with Gasteiger partial charge in [0.2, 0.25) is 0 Å². The number of hydrogen-bond acceptors (Lipinski definition) is 5. The first kappa shape index (κ1) is 17.8. The van der Waals surface area contributed by atoms with Crippen LogP contribution in [0.15, 0.2) is 6.20 Å². The fraction of sp³-hybridized carbons (Fsp3) is 0.615. The van der Waals surface area contributed by atoms with E-state index in [9.17, 15) is 5.11 Å². The van der Waals surface area contributed by atoms with E-state index >= 15 is 0 Å². The Balaban J connectivity index is 0.000000399. The van der Waals surface area contributed by atoms with Crippen LogP contribution in [0.2, 0.25) is 0 Å². The Morgan fingerprint density at radius 3 is 2.16 bits per heavy atom. The summed E-state index contributed by atoms with van der Waals surface area (Å²) in [6.45, 7) is 2.87. The summed E-state index contributed by atoms with van der Waals surface area (Å²) in [5.41, 5.74) is 7.09. The minimum atomic E-state index is -0.145. The van der Waals surface area contributed by atoms with Crippen LogP contribution in [0.5, 0.6) is 5.75 Å². The van der Waals surface area contributed by atoms with Crippen LogP contribution < -0.4 is 5.73 Å². The van der Waals surface area contributed by atoms with Crippen molar-refractivity contribution in [2.24, 2.45) is 5.73 Å². The zero-order chi connectivity index (χ0) is 15.1. The van der Waals surface area contributed by atoms with Gasteiger partial charge in [0.15, 0.2) is 0 Å². The number of aromatic nitrogens is 1. The number of quaternary nitrogens is 1. The molecule has 110 valence electrons. The Labute approximate surface area is 114 Å². The van der Waals surface area contributed by atoms with Crippen LogP contribution in [-0.2, 0) is 13.2 Å². The second kappa shape index (κ2) is 8.06. The van der Waals surface area contributed by atoms with Gasteiger partial charge in [-0.1, -0.05) is 0 Å². The van der Waals surface area contributed by atoms with Gasteiger partial charge in [0.1, 0.15) is 12.3 Å². The van der Waals surface area contributed by atoms with E-state index in [4.69, 9.17) is 15.9 Å². The van der Waals surface area contributed by atoms with Gasteiger partial charge in [-0.25, -0.2) is 0 Å². The molecule has 0 unspecified atom stereocenters. The van der Waals surface area contributed by atoms with Gasteiger partial charge in [-0.05, 0) is 6.92 Å². The van der Waals surface area contributed by atoms with E-state index < -0.39 is 0 Å². The number of rotatable bonds is 4. The molecule has 0 atom stereocenters. The molecule has 0 saturated carbocycles. The zero-order valence-corrected chi connectivity index (χ0v) is 12.2. The summed E-state index contributed by atoms with van der Waals surface area (Å²) in [5, 5.41) is 26.7. The van der Waals surface area contributed by atoms with Crippen molar-refractivity contribution in [1.82, 2.24) is 4.98 Å². The average Bonchev–Trinajstić information content (AvgIpc) is 2.31. The highest BCUT2D eigenvalue weighted by Gasteiger charge is 2.08. The second-order valence-electron chi connectivity index (χ2n) is 5.30. The number of aliphatic hydroxyl groups is 2. The average molecular weight is 272 g/mol. The van der Waals surface area contributed by atoms with Crippen molar-refractivity contribution in [1.29, 1.82) is 0 Å². The largest absolute Gasteiger partial charge is 0.506 e. The molecule has 0 amide bonds. The molecule has 0 fully saturated rings. The van der Waals surface area contributed by atoms with E-state index in [1.165, 1.54) is 6.20 Å². The minimum Gasteiger partial charge on any atom is -0.506 e. The molecule has 0 saturated heterocycles. The van der Waals surface area contributed by atoms with Crippen molar-refractivity contribution in [3.8, 4) is 5.75 Å². The predicted octanol–water partition coefficient (Wildman–Crippen LogP) is -0.268. The summed E-state index contributed by atoms with van der Waals surface area (Å²) in [7, 11) is 6.16. The molecule has 1 heterocycles. The lowest BCUT2D eigenvalue weighted by atomic mass is 10.1. The maximum Gasteiger partial charge on any atom is 0.141 e. The highest BCUT2D eigenvalue weighted by atomic mass is 16.3. The summed E-state index contributed by atoms with van der Waals surface area (Å²) >= 11 is 0. The monoisotopic (exact) mass is 272 g/mol. The normalized spacial score (nSPS) is 10.9. The summed E-state index contributed by atoms with van der Waals surface area (Å²) in [5.74, 6) is 0.0871. The first-order chi connectivity index (χ1) is 8.76. The molecule has 1 aromatic rings. The molecule has 6 nitrogen and oxygen atoms in total. The molecular formula is C13H26N3O3+. The first-order valence-corrected chi connectivity index (χ1v) is 6.15. The molecule has 6 heteroatoms. The highest BCUT2D eigenvalue weighted by molar-refractivity contribution is 5.40. The van der Waals surface area contributed by atoms with E-state index in [-0.39, 0.29) is 25.5 Å². The summed E-state index contributed by atoms with van der Waals surface area (Å²) in [4.78, 5) is 3.89. The topological polar surface area (TPSA) is 99.6 Å². The number of aryl methyl sites for hydroxylation is 1. The van der Waals surface area contributed by atoms with Crippen molar-refractivity contribution < 1.29 is 19.8 Å². The maximum atomic E-state index is 9.46. The number of likely N-dealkylation sites (N-methyl/N-ethyl adjacent to an activating group) is 1. The number of aliphatic hydroxyl groups excluding tert-OH is 2. The molecule has 1 rings (SSSR count). The quantitative estimate of drug-likeness (QED) is 0.566. The molecule has 1 aromatic heterocycles. The summed E-state index contributed by atoms with van der Waals surface area (Å²) in [6, 6.07) is 0. The van der Waals surface area contributed by atoms with Gasteiger partial charge in [0.05, 0.1) is 40.1 Å². The van der Waals surface area contributed by atoms with Crippen molar-refractivity contribution in [2.75, 3.05) is 34.3 Å². The van der Waals surface area contributed by atoms with Crippen LogP contribution >= 0.6 is 0 Å². The van der Waals surface area contributed by atoms with Crippen molar-refractivity contribution in [3.63, 3.8) is 0 Å². The fourth-order valence-electron chi connectivity index (χ4n) is 1.35. The van der Waals surface area contributed by atoms with E-state index in [1.54, 1.807) is 6.92 Å². The van der Waals surface area contributed by atoms with Crippen molar-refractivity contribution in [2.45, 2.75) is 20.1 Å². The van der Waals surface area contributed by atoms with Gasteiger partial charge >= 0.3 is 0 Å². The predicted molar refractivity (Wildman–Crippen MR) is 74.4 cm³/mol. The number of pyridine rings is 1. The van der Waals surface area contributed by atoms with Crippen LogP contribution in [0.3, 0.4) is 0 Å². The molecule has 0 aliphatic heterocycles. The smallest absolute Gasteiger partial charge is 0.141 e. The van der Waals surface area contributed by atoms with Gasteiger partial charge in [-0.3, -0.25) is 4.98 Å². The molecule has 0 aliphatic carbocycles. The standard InChI is InChI=1S/C8H12N2O2.C5H14NO/c1-5-8(12)7(2-9)6(4-11)3-10-5;1-6(2,3)4-5-7/h3,11-12H,2,4,9H2,1H3;7H,4-5H2,1-3H3/q;+1. The fourth-order valence-corrected chi connectivity index (χ4v) is 1.35. The molecule has 0 spiro atoms. The Hall–Kier alpha value is -1.21. The van der Waals surface area contributed by atoms with Gasteiger partial charge in [-0.15, -0.1) is 0 Å². The molecule has 0 radical (unpaired) electrons. The minimum absolute atomic E-state index is 0.0871. The van der Waals surface area contributed by atoms with Crippen LogP contribution in [0.4, 0.5) is 0 Å². The number of nitrogens with two attached hydrogens (primary N) is 1. The molecule has 0 aliphatic rings. The zero-order valence-electron chi connectivity index (χ0n) is 12.2. The number of hydrogen-bond donors (Lipinski definition) is 4. The number of nitrogens with zero attached hydrogens (tertiary/aromatic N) is 2. The third-order valence-corrected chi connectivity index (χ3v) is 2.58. The van der Waals surface area contributed by atoms with E-state index in [1.807, 2.05) is 0 Å². The Kier molecular flexibility index (Phi) is 7.55. The molecule has 0 aromatic carbocycles. The first-order valence-electron chi connectivity index (χ1n) is 6.15. The van der Waals surface area contributed by atoms with E-state index in [0.29, 0.717) is 16.8 Å².